The summed E-state index contributed by atoms with van der Waals surface area (Å²) in [6.45, 7) is 0.583. The van der Waals surface area contributed by atoms with Crippen LogP contribution < -0.4 is 0 Å². The van der Waals surface area contributed by atoms with E-state index in [1.165, 1.54) is 7.11 Å². The Kier molecular flexibility index (Phi) is 3.85. The van der Waals surface area contributed by atoms with E-state index < -0.39 is 0 Å². The molecule has 0 spiro atoms. The quantitative estimate of drug-likeness (QED) is 0.547. The molecule has 0 saturated heterocycles. The third-order valence-electron chi connectivity index (χ3n) is 3.60. The summed E-state index contributed by atoms with van der Waals surface area (Å²) in [5.41, 5.74) is 3.15. The van der Waals surface area contributed by atoms with E-state index in [0.29, 0.717) is 18.0 Å². The van der Waals surface area contributed by atoms with Crippen molar-refractivity contribution in [1.82, 2.24) is 19.1 Å². The first-order valence-corrected chi connectivity index (χ1v) is 7.26. The number of alkyl halides is 1. The van der Waals surface area contributed by atoms with Gasteiger partial charge in [0.15, 0.2) is 0 Å². The minimum Gasteiger partial charge on any atom is -0.465 e. The number of carbonyl (C=O) groups is 1. The molecular weight excluding hydrogens is 304 g/mol. The fourth-order valence-electron chi connectivity index (χ4n) is 2.39. The standard InChI is InChI=1S/C15H15ClN4O2/c1-19-9-17-7-11(19)8-20-13-5-10(15(21)22-2)3-4-12(13)18-14(20)6-16/h3-5,7,9H,6,8H2,1-2H3. The van der Waals surface area contributed by atoms with Crippen LogP contribution in [0.1, 0.15) is 21.9 Å². The van der Waals surface area contributed by atoms with E-state index in [9.17, 15) is 4.79 Å². The number of fused-ring (bicyclic) bond motifs is 1. The Morgan fingerprint density at radius 2 is 2.23 bits per heavy atom. The molecule has 3 rings (SSSR count). The van der Waals surface area contributed by atoms with E-state index in [0.717, 1.165) is 22.6 Å². The van der Waals surface area contributed by atoms with Crippen molar-refractivity contribution in [2.45, 2.75) is 12.4 Å². The minimum atomic E-state index is -0.373. The van der Waals surface area contributed by atoms with Crippen molar-refractivity contribution in [1.29, 1.82) is 0 Å². The number of imidazole rings is 2. The molecule has 0 atom stereocenters. The van der Waals surface area contributed by atoms with Crippen molar-refractivity contribution in [3.05, 3.63) is 47.8 Å². The molecular formula is C15H15ClN4O2. The van der Waals surface area contributed by atoms with Gasteiger partial charge in [-0.3, -0.25) is 0 Å². The molecule has 0 aliphatic carbocycles. The number of hydrogen-bond donors (Lipinski definition) is 0. The lowest BCUT2D eigenvalue weighted by atomic mass is 10.2. The number of rotatable bonds is 4. The summed E-state index contributed by atoms with van der Waals surface area (Å²) in [4.78, 5) is 20.4. The van der Waals surface area contributed by atoms with Crippen molar-refractivity contribution in [2.75, 3.05) is 7.11 Å². The van der Waals surface area contributed by atoms with Gasteiger partial charge < -0.3 is 13.9 Å². The van der Waals surface area contributed by atoms with Crippen LogP contribution in [0.25, 0.3) is 11.0 Å². The van der Waals surface area contributed by atoms with Gasteiger partial charge in [0.05, 0.1) is 48.2 Å². The second-order valence-electron chi connectivity index (χ2n) is 4.94. The molecule has 0 bridgehead atoms. The average Bonchev–Trinajstić information content (AvgIpc) is 3.10. The van der Waals surface area contributed by atoms with E-state index in [2.05, 4.69) is 9.97 Å². The van der Waals surface area contributed by atoms with Crippen molar-refractivity contribution in [3.8, 4) is 0 Å². The maximum atomic E-state index is 11.7. The number of hydrogen-bond acceptors (Lipinski definition) is 4. The maximum Gasteiger partial charge on any atom is 0.337 e. The van der Waals surface area contributed by atoms with Crippen molar-refractivity contribution < 1.29 is 9.53 Å². The molecule has 2 heterocycles. The van der Waals surface area contributed by atoms with E-state index in [1.54, 1.807) is 30.7 Å². The molecule has 6 nitrogen and oxygen atoms in total. The number of aryl methyl sites for hydroxylation is 1. The summed E-state index contributed by atoms with van der Waals surface area (Å²) in [6, 6.07) is 5.28. The molecule has 0 radical (unpaired) electrons. The molecule has 1 aromatic carbocycles. The molecule has 3 aromatic rings. The first-order chi connectivity index (χ1) is 10.6. The highest BCUT2D eigenvalue weighted by Gasteiger charge is 2.14. The first kappa shape index (κ1) is 14.6. The van der Waals surface area contributed by atoms with Crippen LogP contribution in [0.5, 0.6) is 0 Å². The van der Waals surface area contributed by atoms with Crippen molar-refractivity contribution >= 4 is 28.6 Å². The largest absolute Gasteiger partial charge is 0.465 e. The third-order valence-corrected chi connectivity index (χ3v) is 3.84. The summed E-state index contributed by atoms with van der Waals surface area (Å²) < 4.78 is 8.70. The molecule has 0 fully saturated rings. The Labute approximate surface area is 132 Å². The Balaban J connectivity index is 2.13. The molecule has 0 saturated carbocycles. The zero-order valence-corrected chi connectivity index (χ0v) is 13.0. The maximum absolute atomic E-state index is 11.7. The van der Waals surface area contributed by atoms with E-state index in [4.69, 9.17) is 16.3 Å². The predicted octanol–water partition coefficient (Wildman–Crippen LogP) is 2.34. The monoisotopic (exact) mass is 318 g/mol. The average molecular weight is 319 g/mol. The number of aromatic nitrogens is 4. The smallest absolute Gasteiger partial charge is 0.337 e. The summed E-state index contributed by atoms with van der Waals surface area (Å²) in [6.07, 6.45) is 3.54. The topological polar surface area (TPSA) is 61.9 Å². The van der Waals surface area contributed by atoms with Gasteiger partial charge in [0.1, 0.15) is 5.82 Å². The number of benzene rings is 1. The van der Waals surface area contributed by atoms with E-state index >= 15 is 0 Å². The number of halogens is 1. The van der Waals surface area contributed by atoms with Crippen LogP contribution in [0.3, 0.4) is 0 Å². The highest BCUT2D eigenvalue weighted by molar-refractivity contribution is 6.16. The van der Waals surface area contributed by atoms with Gasteiger partial charge in [-0.15, -0.1) is 11.6 Å². The van der Waals surface area contributed by atoms with Gasteiger partial charge in [-0.1, -0.05) is 0 Å². The van der Waals surface area contributed by atoms with Gasteiger partial charge in [-0.05, 0) is 18.2 Å². The second kappa shape index (κ2) is 5.81. The van der Waals surface area contributed by atoms with Gasteiger partial charge >= 0.3 is 5.97 Å². The molecule has 22 heavy (non-hydrogen) atoms. The number of esters is 1. The van der Waals surface area contributed by atoms with Gasteiger partial charge in [-0.2, -0.15) is 0 Å². The Morgan fingerprint density at radius 1 is 1.41 bits per heavy atom. The zero-order chi connectivity index (χ0) is 15.7. The van der Waals surface area contributed by atoms with Crippen LogP contribution >= 0.6 is 11.6 Å². The lowest BCUT2D eigenvalue weighted by Crippen LogP contribution is -2.08. The van der Waals surface area contributed by atoms with Crippen molar-refractivity contribution in [3.63, 3.8) is 0 Å². The van der Waals surface area contributed by atoms with Crippen LogP contribution in [-0.4, -0.2) is 32.2 Å². The van der Waals surface area contributed by atoms with E-state index in [1.807, 2.05) is 16.2 Å². The highest BCUT2D eigenvalue weighted by Crippen LogP contribution is 2.21. The van der Waals surface area contributed by atoms with Crippen LogP contribution in [-0.2, 0) is 24.2 Å². The van der Waals surface area contributed by atoms with Crippen molar-refractivity contribution in [2.24, 2.45) is 7.05 Å². The third kappa shape index (κ3) is 2.46. The minimum absolute atomic E-state index is 0.292. The van der Waals surface area contributed by atoms with Crippen LogP contribution in [0.15, 0.2) is 30.7 Å². The summed E-state index contributed by atoms with van der Waals surface area (Å²) in [5, 5.41) is 0. The fourth-order valence-corrected chi connectivity index (χ4v) is 2.60. The van der Waals surface area contributed by atoms with Gasteiger partial charge in [0, 0.05) is 13.2 Å². The summed E-state index contributed by atoms with van der Waals surface area (Å²) in [7, 11) is 3.30. The Bertz CT molecular complexity index is 837. The molecule has 0 unspecified atom stereocenters. The Hall–Kier alpha value is -2.34. The molecule has 7 heteroatoms. The molecule has 0 aliphatic heterocycles. The fraction of sp³-hybridized carbons (Fsp3) is 0.267. The highest BCUT2D eigenvalue weighted by atomic mass is 35.5. The number of carbonyl (C=O) groups excluding carboxylic acids is 1. The summed E-state index contributed by atoms with van der Waals surface area (Å²) in [5.74, 6) is 0.669. The molecule has 0 amide bonds. The number of ether oxygens (including phenoxy) is 1. The van der Waals surface area contributed by atoms with Crippen LogP contribution in [0.4, 0.5) is 0 Å². The van der Waals surface area contributed by atoms with Crippen LogP contribution in [0, 0.1) is 0 Å². The molecule has 0 aliphatic rings. The lowest BCUT2D eigenvalue weighted by molar-refractivity contribution is 0.0601. The lowest BCUT2D eigenvalue weighted by Gasteiger charge is -2.08. The van der Waals surface area contributed by atoms with Gasteiger partial charge in [0.2, 0.25) is 0 Å². The molecule has 0 N–H and O–H groups in total. The summed E-state index contributed by atoms with van der Waals surface area (Å²) >= 11 is 6.02. The SMILES string of the molecule is COC(=O)c1ccc2nc(CCl)n(Cc3cncn3C)c2c1. The molecule has 114 valence electrons. The second-order valence-corrected chi connectivity index (χ2v) is 5.21. The van der Waals surface area contributed by atoms with Crippen LogP contribution in [0.2, 0.25) is 0 Å². The number of methoxy groups -OCH3 is 1. The first-order valence-electron chi connectivity index (χ1n) is 6.72. The predicted molar refractivity (Wildman–Crippen MR) is 82.9 cm³/mol. The van der Waals surface area contributed by atoms with Gasteiger partial charge in [-0.25, -0.2) is 14.8 Å². The number of nitrogens with zero attached hydrogens (tertiary/aromatic N) is 4. The zero-order valence-electron chi connectivity index (χ0n) is 12.3. The normalized spacial score (nSPS) is 11.0. The molecule has 2 aromatic heterocycles. The van der Waals surface area contributed by atoms with Gasteiger partial charge in [0.25, 0.3) is 0 Å². The van der Waals surface area contributed by atoms with E-state index in [-0.39, 0.29) is 5.97 Å². The Morgan fingerprint density at radius 3 is 2.86 bits per heavy atom.